The van der Waals surface area contributed by atoms with Crippen molar-refractivity contribution in [3.05, 3.63) is 64.0 Å². The SMILES string of the molecule is COc1ccc2cc(C(=O)Nc3ccc(CN4CC[C@H](O)C4)cc3)c(=O)oc2c1OC(C)C. The van der Waals surface area contributed by atoms with Crippen LogP contribution in [0.2, 0.25) is 0 Å². The second-order valence-corrected chi connectivity index (χ2v) is 8.46. The van der Waals surface area contributed by atoms with Gasteiger partial charge in [0, 0.05) is 30.7 Å². The van der Waals surface area contributed by atoms with Gasteiger partial charge in [-0.3, -0.25) is 9.69 Å². The Bertz CT molecular complexity index is 1200. The average Bonchev–Trinajstić information content (AvgIpc) is 3.19. The van der Waals surface area contributed by atoms with Crippen molar-refractivity contribution in [2.24, 2.45) is 0 Å². The predicted octanol–water partition coefficient (Wildman–Crippen LogP) is 3.41. The van der Waals surface area contributed by atoms with E-state index in [1.165, 1.54) is 13.2 Å². The molecule has 0 radical (unpaired) electrons. The van der Waals surface area contributed by atoms with Crippen LogP contribution >= 0.6 is 0 Å². The van der Waals surface area contributed by atoms with Crippen LogP contribution in [0.25, 0.3) is 11.0 Å². The fourth-order valence-corrected chi connectivity index (χ4v) is 3.91. The molecule has 0 unspecified atom stereocenters. The van der Waals surface area contributed by atoms with Crippen molar-refractivity contribution in [3.63, 3.8) is 0 Å². The standard InChI is InChI=1S/C25H28N2O6/c1-15(2)32-23-21(31-3)9-6-17-12-20(25(30)33-22(17)23)24(29)26-18-7-4-16(5-8-18)13-27-11-10-19(28)14-27/h4-9,12,15,19,28H,10-11,13-14H2,1-3H3,(H,26,29)/t19-/m0/s1. The molecule has 4 rings (SSSR count). The van der Waals surface area contributed by atoms with Gasteiger partial charge in [0.05, 0.1) is 19.3 Å². The minimum Gasteiger partial charge on any atom is -0.493 e. The smallest absolute Gasteiger partial charge is 0.349 e. The number of ether oxygens (including phenoxy) is 2. The van der Waals surface area contributed by atoms with E-state index in [1.54, 1.807) is 24.3 Å². The van der Waals surface area contributed by atoms with Crippen molar-refractivity contribution in [1.82, 2.24) is 4.90 Å². The molecule has 174 valence electrons. The summed E-state index contributed by atoms with van der Waals surface area (Å²) in [4.78, 5) is 27.6. The van der Waals surface area contributed by atoms with Gasteiger partial charge < -0.3 is 24.3 Å². The number of aliphatic hydroxyl groups excluding tert-OH is 1. The largest absolute Gasteiger partial charge is 0.493 e. The molecule has 8 nitrogen and oxygen atoms in total. The summed E-state index contributed by atoms with van der Waals surface area (Å²) < 4.78 is 16.6. The molecule has 2 heterocycles. The van der Waals surface area contributed by atoms with Crippen LogP contribution in [0.15, 0.2) is 51.7 Å². The first-order valence-corrected chi connectivity index (χ1v) is 11.0. The zero-order chi connectivity index (χ0) is 23.5. The highest BCUT2D eigenvalue weighted by Gasteiger charge is 2.21. The number of rotatable bonds is 7. The molecule has 1 aliphatic rings. The van der Waals surface area contributed by atoms with Gasteiger partial charge in [-0.05, 0) is 56.2 Å². The van der Waals surface area contributed by atoms with E-state index >= 15 is 0 Å². The van der Waals surface area contributed by atoms with Gasteiger partial charge in [-0.25, -0.2) is 4.79 Å². The van der Waals surface area contributed by atoms with Gasteiger partial charge in [-0.1, -0.05) is 12.1 Å². The third kappa shape index (κ3) is 5.18. The lowest BCUT2D eigenvalue weighted by Gasteiger charge is -2.15. The van der Waals surface area contributed by atoms with Crippen LogP contribution in [-0.2, 0) is 6.54 Å². The number of fused-ring (bicyclic) bond motifs is 1. The number of amides is 1. The third-order valence-corrected chi connectivity index (χ3v) is 5.50. The highest BCUT2D eigenvalue weighted by Crippen LogP contribution is 2.36. The monoisotopic (exact) mass is 452 g/mol. The molecule has 1 aliphatic heterocycles. The van der Waals surface area contributed by atoms with Crippen LogP contribution in [0.5, 0.6) is 11.5 Å². The topological polar surface area (TPSA) is 101 Å². The zero-order valence-electron chi connectivity index (χ0n) is 19.0. The second-order valence-electron chi connectivity index (χ2n) is 8.46. The number of methoxy groups -OCH3 is 1. The number of anilines is 1. The number of benzene rings is 2. The van der Waals surface area contributed by atoms with Crippen molar-refractivity contribution < 1.29 is 23.8 Å². The molecule has 1 saturated heterocycles. The summed E-state index contributed by atoms with van der Waals surface area (Å²) in [5, 5.41) is 13.0. The van der Waals surface area contributed by atoms with E-state index in [0.717, 1.165) is 25.1 Å². The lowest BCUT2D eigenvalue weighted by atomic mass is 10.1. The number of nitrogens with one attached hydrogen (secondary N) is 1. The average molecular weight is 453 g/mol. The molecule has 8 heteroatoms. The highest BCUT2D eigenvalue weighted by atomic mass is 16.5. The van der Waals surface area contributed by atoms with E-state index in [0.29, 0.717) is 29.1 Å². The van der Waals surface area contributed by atoms with Crippen LogP contribution in [-0.4, -0.2) is 48.3 Å². The zero-order valence-corrected chi connectivity index (χ0v) is 19.0. The van der Waals surface area contributed by atoms with Gasteiger partial charge in [0.15, 0.2) is 11.3 Å². The molecule has 0 aliphatic carbocycles. The van der Waals surface area contributed by atoms with E-state index in [2.05, 4.69) is 10.2 Å². The van der Waals surface area contributed by atoms with E-state index in [9.17, 15) is 14.7 Å². The molecule has 33 heavy (non-hydrogen) atoms. The van der Waals surface area contributed by atoms with Gasteiger partial charge in [-0.2, -0.15) is 0 Å². The molecule has 1 amide bonds. The molecule has 2 N–H and O–H groups in total. The van der Waals surface area contributed by atoms with Crippen molar-refractivity contribution in [2.75, 3.05) is 25.5 Å². The fourth-order valence-electron chi connectivity index (χ4n) is 3.91. The molecule has 0 spiro atoms. The number of aliphatic hydroxyl groups is 1. The van der Waals surface area contributed by atoms with Crippen molar-refractivity contribution >= 4 is 22.6 Å². The molecule has 1 fully saturated rings. The molecular formula is C25H28N2O6. The maximum absolute atomic E-state index is 12.8. The van der Waals surface area contributed by atoms with Crippen LogP contribution in [0.4, 0.5) is 5.69 Å². The summed E-state index contributed by atoms with van der Waals surface area (Å²) in [6.45, 7) is 6.00. The highest BCUT2D eigenvalue weighted by molar-refractivity contribution is 6.05. The quantitative estimate of drug-likeness (QED) is 0.530. The summed E-state index contributed by atoms with van der Waals surface area (Å²) in [6.07, 6.45) is 0.378. The van der Waals surface area contributed by atoms with Crippen LogP contribution in [0, 0.1) is 0 Å². The molecule has 1 aromatic heterocycles. The number of likely N-dealkylation sites (tertiary alicyclic amines) is 1. The third-order valence-electron chi connectivity index (χ3n) is 5.50. The van der Waals surface area contributed by atoms with Crippen LogP contribution in [0.3, 0.4) is 0 Å². The van der Waals surface area contributed by atoms with Crippen molar-refractivity contribution in [3.8, 4) is 11.5 Å². The summed E-state index contributed by atoms with van der Waals surface area (Å²) in [5.41, 5.74) is 1.03. The Hall–Kier alpha value is -3.36. The Morgan fingerprint density at radius 3 is 2.64 bits per heavy atom. The summed E-state index contributed by atoms with van der Waals surface area (Å²) in [5.74, 6) is 0.221. The summed E-state index contributed by atoms with van der Waals surface area (Å²) in [7, 11) is 1.51. The number of carbonyl (C=O) groups excluding carboxylic acids is 1. The van der Waals surface area contributed by atoms with Gasteiger partial charge in [-0.15, -0.1) is 0 Å². The Morgan fingerprint density at radius 1 is 1.24 bits per heavy atom. The Balaban J connectivity index is 1.53. The fraction of sp³-hybridized carbons (Fsp3) is 0.360. The maximum Gasteiger partial charge on any atom is 0.349 e. The van der Waals surface area contributed by atoms with Crippen molar-refractivity contribution in [1.29, 1.82) is 0 Å². The number of β-amino-alcohol motifs (C(OH)–C–C–N with tert-alkyl or cyclic N) is 1. The Labute approximate surface area is 191 Å². The Kier molecular flexibility index (Phi) is 6.67. The molecule has 2 aromatic carbocycles. The first-order chi connectivity index (χ1) is 15.8. The molecule has 0 bridgehead atoms. The number of hydrogen-bond donors (Lipinski definition) is 2. The number of hydrogen-bond acceptors (Lipinski definition) is 7. The summed E-state index contributed by atoms with van der Waals surface area (Å²) in [6, 6.07) is 12.3. The van der Waals surface area contributed by atoms with E-state index in [1.807, 2.05) is 26.0 Å². The van der Waals surface area contributed by atoms with Gasteiger partial charge in [0.25, 0.3) is 5.91 Å². The van der Waals surface area contributed by atoms with Crippen LogP contribution < -0.4 is 20.4 Å². The first-order valence-electron chi connectivity index (χ1n) is 11.0. The lowest BCUT2D eigenvalue weighted by molar-refractivity contribution is 0.102. The second kappa shape index (κ2) is 9.64. The van der Waals surface area contributed by atoms with Gasteiger partial charge in [0.2, 0.25) is 5.75 Å². The molecule has 0 saturated carbocycles. The molecule has 1 atom stereocenters. The van der Waals surface area contributed by atoms with Gasteiger partial charge >= 0.3 is 5.63 Å². The number of nitrogens with zero attached hydrogens (tertiary/aromatic N) is 1. The van der Waals surface area contributed by atoms with E-state index < -0.39 is 11.5 Å². The number of carbonyl (C=O) groups is 1. The minimum atomic E-state index is -0.758. The predicted molar refractivity (Wildman–Crippen MR) is 125 cm³/mol. The normalized spacial score (nSPS) is 16.3. The van der Waals surface area contributed by atoms with Crippen LogP contribution in [0.1, 0.15) is 36.2 Å². The molecule has 3 aromatic rings. The molecular weight excluding hydrogens is 424 g/mol. The van der Waals surface area contributed by atoms with Crippen molar-refractivity contribution in [2.45, 2.75) is 39.0 Å². The van der Waals surface area contributed by atoms with Gasteiger partial charge in [0.1, 0.15) is 5.56 Å². The van der Waals surface area contributed by atoms with E-state index in [4.69, 9.17) is 13.9 Å². The first kappa shape index (κ1) is 22.8. The Morgan fingerprint density at radius 2 is 2.00 bits per heavy atom. The lowest BCUT2D eigenvalue weighted by Crippen LogP contribution is -2.22. The maximum atomic E-state index is 12.8. The van der Waals surface area contributed by atoms with E-state index in [-0.39, 0.29) is 23.4 Å². The summed E-state index contributed by atoms with van der Waals surface area (Å²) >= 11 is 0. The minimum absolute atomic E-state index is 0.0988.